The van der Waals surface area contributed by atoms with Gasteiger partial charge in [-0.05, 0) is 37.3 Å². The summed E-state index contributed by atoms with van der Waals surface area (Å²) in [4.78, 5) is 16.3. The number of amides is 1. The third-order valence-corrected chi connectivity index (χ3v) is 3.93. The molecule has 0 aromatic carbocycles. The van der Waals surface area contributed by atoms with Gasteiger partial charge in [0.25, 0.3) is 5.91 Å². The van der Waals surface area contributed by atoms with Gasteiger partial charge in [-0.15, -0.1) is 10.2 Å². The van der Waals surface area contributed by atoms with Crippen molar-refractivity contribution in [3.63, 3.8) is 0 Å². The predicted molar refractivity (Wildman–Crippen MR) is 93.9 cm³/mol. The first-order valence-electron chi connectivity index (χ1n) is 7.63. The molecule has 23 heavy (non-hydrogen) atoms. The zero-order chi connectivity index (χ0) is 16.9. The molecule has 6 nitrogen and oxygen atoms in total. The van der Waals surface area contributed by atoms with Crippen molar-refractivity contribution in [1.29, 1.82) is 0 Å². The van der Waals surface area contributed by atoms with Gasteiger partial charge in [0.2, 0.25) is 5.13 Å². The van der Waals surface area contributed by atoms with Crippen LogP contribution in [-0.4, -0.2) is 27.1 Å². The third-order valence-electron chi connectivity index (χ3n) is 3.33. The normalized spacial score (nSPS) is 12.7. The van der Waals surface area contributed by atoms with E-state index in [1.807, 2.05) is 6.07 Å². The van der Waals surface area contributed by atoms with Crippen molar-refractivity contribution in [2.75, 3.05) is 10.6 Å². The summed E-state index contributed by atoms with van der Waals surface area (Å²) in [5.74, 6) is 0.542. The smallest absolute Gasteiger partial charge is 0.259 e. The predicted octanol–water partition coefficient (Wildman–Crippen LogP) is 3.81. The molecule has 1 unspecified atom stereocenters. The van der Waals surface area contributed by atoms with E-state index in [-0.39, 0.29) is 5.91 Å². The molecule has 0 aliphatic rings. The van der Waals surface area contributed by atoms with Crippen LogP contribution >= 0.6 is 11.3 Å². The molecule has 1 amide bonds. The molecule has 0 saturated carbocycles. The van der Waals surface area contributed by atoms with Crippen molar-refractivity contribution in [2.24, 2.45) is 5.41 Å². The second-order valence-electron chi connectivity index (χ2n) is 6.77. The summed E-state index contributed by atoms with van der Waals surface area (Å²) in [6.45, 7) is 8.86. The third kappa shape index (κ3) is 5.94. The molecule has 124 valence electrons. The van der Waals surface area contributed by atoms with Crippen LogP contribution in [0.4, 0.5) is 10.9 Å². The van der Waals surface area contributed by atoms with Crippen LogP contribution in [0.5, 0.6) is 0 Å². The number of hydrogen-bond acceptors (Lipinski definition) is 6. The number of aromatic nitrogens is 3. The van der Waals surface area contributed by atoms with Crippen LogP contribution in [0.2, 0.25) is 0 Å². The molecule has 0 radical (unpaired) electrons. The SMILES string of the molecule is CC(CCC(C)(C)C)Nc1ccc(C(=O)Nc2nncs2)cn1. The molecule has 0 aliphatic carbocycles. The van der Waals surface area contributed by atoms with Gasteiger partial charge in [-0.1, -0.05) is 32.1 Å². The maximum Gasteiger partial charge on any atom is 0.259 e. The molecule has 0 bridgehead atoms. The van der Waals surface area contributed by atoms with Crippen LogP contribution in [-0.2, 0) is 0 Å². The molecular formula is C16H23N5OS. The Morgan fingerprint density at radius 2 is 2.13 bits per heavy atom. The van der Waals surface area contributed by atoms with Crippen LogP contribution in [0.25, 0.3) is 0 Å². The standard InChI is InChI=1S/C16H23N5OS/c1-11(7-8-16(2,3)4)19-13-6-5-12(9-17-13)14(22)20-15-21-18-10-23-15/h5-6,9-11H,7-8H2,1-4H3,(H,17,19)(H,20,21,22). The van der Waals surface area contributed by atoms with Gasteiger partial charge in [0.15, 0.2) is 0 Å². The minimum atomic E-state index is -0.235. The van der Waals surface area contributed by atoms with Crippen molar-refractivity contribution in [1.82, 2.24) is 15.2 Å². The van der Waals surface area contributed by atoms with Crippen molar-refractivity contribution < 1.29 is 4.79 Å². The summed E-state index contributed by atoms with van der Waals surface area (Å²) in [5.41, 5.74) is 2.39. The number of nitrogens with zero attached hydrogens (tertiary/aromatic N) is 3. The van der Waals surface area contributed by atoms with Crippen molar-refractivity contribution in [3.8, 4) is 0 Å². The number of carbonyl (C=O) groups is 1. The number of rotatable bonds is 6. The first kappa shape index (κ1) is 17.3. The van der Waals surface area contributed by atoms with E-state index >= 15 is 0 Å². The highest BCUT2D eigenvalue weighted by Gasteiger charge is 2.13. The van der Waals surface area contributed by atoms with Crippen LogP contribution in [0, 0.1) is 5.41 Å². The van der Waals surface area contributed by atoms with Crippen LogP contribution in [0.3, 0.4) is 0 Å². The van der Waals surface area contributed by atoms with Gasteiger partial charge in [0, 0.05) is 12.2 Å². The minimum Gasteiger partial charge on any atom is -0.368 e. The Labute approximate surface area is 140 Å². The number of hydrogen-bond donors (Lipinski definition) is 2. The molecule has 7 heteroatoms. The molecule has 2 aromatic rings. The fourth-order valence-electron chi connectivity index (χ4n) is 1.98. The Hall–Kier alpha value is -2.02. The second-order valence-corrected chi connectivity index (χ2v) is 7.61. The van der Waals surface area contributed by atoms with E-state index in [2.05, 4.69) is 53.5 Å². The Bertz CT molecular complexity index is 619. The maximum absolute atomic E-state index is 12.0. The van der Waals surface area contributed by atoms with Gasteiger partial charge in [-0.3, -0.25) is 10.1 Å². The van der Waals surface area contributed by atoms with Gasteiger partial charge in [-0.25, -0.2) is 4.98 Å². The van der Waals surface area contributed by atoms with Crippen LogP contribution in [0.1, 0.15) is 50.9 Å². The molecule has 1 atom stereocenters. The highest BCUT2D eigenvalue weighted by Crippen LogP contribution is 2.22. The molecule has 2 aromatic heterocycles. The van der Waals surface area contributed by atoms with E-state index in [1.165, 1.54) is 11.3 Å². The van der Waals surface area contributed by atoms with Gasteiger partial charge >= 0.3 is 0 Å². The van der Waals surface area contributed by atoms with Crippen molar-refractivity contribution >= 4 is 28.2 Å². The Balaban J connectivity index is 1.87. The topological polar surface area (TPSA) is 79.8 Å². The van der Waals surface area contributed by atoms with Gasteiger partial charge < -0.3 is 5.32 Å². The lowest BCUT2D eigenvalue weighted by molar-refractivity contribution is 0.102. The fraction of sp³-hybridized carbons (Fsp3) is 0.500. The van der Waals surface area contributed by atoms with Crippen molar-refractivity contribution in [2.45, 2.75) is 46.6 Å². The summed E-state index contributed by atoms with van der Waals surface area (Å²) in [5, 5.41) is 14.0. The summed E-state index contributed by atoms with van der Waals surface area (Å²) in [7, 11) is 0. The number of pyridine rings is 1. The minimum absolute atomic E-state index is 0.235. The highest BCUT2D eigenvalue weighted by molar-refractivity contribution is 7.13. The Morgan fingerprint density at radius 1 is 1.35 bits per heavy atom. The molecule has 0 fully saturated rings. The summed E-state index contributed by atoms with van der Waals surface area (Å²) in [6, 6.07) is 3.91. The summed E-state index contributed by atoms with van der Waals surface area (Å²) < 4.78 is 0. The maximum atomic E-state index is 12.0. The van der Waals surface area contributed by atoms with Gasteiger partial charge in [-0.2, -0.15) is 0 Å². The molecule has 2 N–H and O–H groups in total. The molecule has 0 spiro atoms. The average Bonchev–Trinajstić information content (AvgIpc) is 2.98. The zero-order valence-electron chi connectivity index (χ0n) is 14.0. The van der Waals surface area contributed by atoms with Crippen LogP contribution < -0.4 is 10.6 Å². The summed E-state index contributed by atoms with van der Waals surface area (Å²) in [6.07, 6.45) is 3.78. The Morgan fingerprint density at radius 3 is 2.70 bits per heavy atom. The first-order chi connectivity index (χ1) is 10.8. The lowest BCUT2D eigenvalue weighted by Gasteiger charge is -2.21. The lowest BCUT2D eigenvalue weighted by Crippen LogP contribution is -2.19. The monoisotopic (exact) mass is 333 g/mol. The van der Waals surface area contributed by atoms with Crippen molar-refractivity contribution in [3.05, 3.63) is 29.4 Å². The van der Waals surface area contributed by atoms with E-state index in [1.54, 1.807) is 17.8 Å². The van der Waals surface area contributed by atoms with Gasteiger partial charge in [0.05, 0.1) is 5.56 Å². The number of carbonyl (C=O) groups excluding carboxylic acids is 1. The molecule has 2 heterocycles. The van der Waals surface area contributed by atoms with E-state index in [9.17, 15) is 4.79 Å². The second kappa shape index (κ2) is 7.50. The molecule has 2 rings (SSSR count). The fourth-order valence-corrected chi connectivity index (χ4v) is 2.42. The molecular weight excluding hydrogens is 310 g/mol. The number of nitrogens with one attached hydrogen (secondary N) is 2. The largest absolute Gasteiger partial charge is 0.368 e. The van der Waals surface area contributed by atoms with E-state index < -0.39 is 0 Å². The van der Waals surface area contributed by atoms with E-state index in [0.717, 1.165) is 18.7 Å². The summed E-state index contributed by atoms with van der Waals surface area (Å²) >= 11 is 1.28. The quantitative estimate of drug-likeness (QED) is 0.840. The number of anilines is 2. The van der Waals surface area contributed by atoms with Gasteiger partial charge in [0.1, 0.15) is 11.3 Å². The Kier molecular flexibility index (Phi) is 5.65. The van der Waals surface area contributed by atoms with E-state index in [4.69, 9.17) is 0 Å². The van der Waals surface area contributed by atoms with E-state index in [0.29, 0.717) is 22.2 Å². The molecule has 0 aliphatic heterocycles. The first-order valence-corrected chi connectivity index (χ1v) is 8.51. The zero-order valence-corrected chi connectivity index (χ0v) is 14.8. The lowest BCUT2D eigenvalue weighted by atomic mass is 9.89. The highest BCUT2D eigenvalue weighted by atomic mass is 32.1. The average molecular weight is 333 g/mol. The van der Waals surface area contributed by atoms with Crippen LogP contribution in [0.15, 0.2) is 23.8 Å². The molecule has 0 saturated heterocycles.